The Morgan fingerprint density at radius 2 is 1.31 bits per heavy atom. The summed E-state index contributed by atoms with van der Waals surface area (Å²) in [6.45, 7) is 2.41. The summed E-state index contributed by atoms with van der Waals surface area (Å²) in [6, 6.07) is 1.51. The second kappa shape index (κ2) is 7.25. The zero-order valence-corrected chi connectivity index (χ0v) is 11.5. The van der Waals surface area contributed by atoms with Gasteiger partial charge in [0.15, 0.2) is 0 Å². The first-order valence-corrected chi connectivity index (χ1v) is 6.63. The normalized spacial score (nSPS) is 26.6. The van der Waals surface area contributed by atoms with Gasteiger partial charge < -0.3 is 15.1 Å². The molecule has 1 fully saturated rings. The smallest absolute Gasteiger partial charge is 0.00818 e. The van der Waals surface area contributed by atoms with Gasteiger partial charge in [0.25, 0.3) is 0 Å². The quantitative estimate of drug-likeness (QED) is 0.740. The van der Waals surface area contributed by atoms with E-state index in [1.807, 2.05) is 0 Å². The Bertz CT molecular complexity index is 162. The molecule has 0 bridgehead atoms. The molecule has 2 unspecified atom stereocenters. The van der Waals surface area contributed by atoms with Gasteiger partial charge in [-0.25, -0.2) is 0 Å². The Morgan fingerprint density at radius 3 is 1.69 bits per heavy atom. The van der Waals surface area contributed by atoms with E-state index in [1.165, 1.54) is 45.2 Å². The lowest BCUT2D eigenvalue weighted by atomic mass is 9.94. The molecule has 0 radical (unpaired) electrons. The lowest BCUT2D eigenvalue weighted by Crippen LogP contribution is -2.44. The van der Waals surface area contributed by atoms with Gasteiger partial charge in [-0.2, -0.15) is 0 Å². The van der Waals surface area contributed by atoms with Crippen molar-refractivity contribution in [2.75, 3.05) is 41.3 Å². The average molecular weight is 227 g/mol. The van der Waals surface area contributed by atoms with Crippen LogP contribution in [0.3, 0.4) is 0 Å². The van der Waals surface area contributed by atoms with Crippen LogP contribution in [0.25, 0.3) is 0 Å². The Morgan fingerprint density at radius 1 is 0.875 bits per heavy atom. The van der Waals surface area contributed by atoms with Crippen LogP contribution in [0.5, 0.6) is 0 Å². The van der Waals surface area contributed by atoms with Crippen LogP contribution in [0.15, 0.2) is 0 Å². The van der Waals surface area contributed by atoms with Crippen LogP contribution in [0.2, 0.25) is 0 Å². The van der Waals surface area contributed by atoms with Crippen LogP contribution in [-0.4, -0.2) is 63.2 Å². The van der Waals surface area contributed by atoms with Gasteiger partial charge in [0.1, 0.15) is 0 Å². The molecule has 3 nitrogen and oxygen atoms in total. The first kappa shape index (κ1) is 13.9. The van der Waals surface area contributed by atoms with Gasteiger partial charge in [0, 0.05) is 12.1 Å². The number of nitrogens with zero attached hydrogens (tertiary/aromatic N) is 2. The van der Waals surface area contributed by atoms with Crippen LogP contribution in [0.1, 0.15) is 32.1 Å². The van der Waals surface area contributed by atoms with E-state index in [0.717, 1.165) is 12.1 Å². The molecule has 16 heavy (non-hydrogen) atoms. The van der Waals surface area contributed by atoms with Crippen molar-refractivity contribution >= 4 is 0 Å². The lowest BCUT2D eigenvalue weighted by Gasteiger charge is -2.32. The molecule has 0 aromatic rings. The highest BCUT2D eigenvalue weighted by atomic mass is 15.1. The van der Waals surface area contributed by atoms with Crippen LogP contribution in [0, 0.1) is 0 Å². The summed E-state index contributed by atoms with van der Waals surface area (Å²) in [4.78, 5) is 4.57. The van der Waals surface area contributed by atoms with Gasteiger partial charge in [-0.05, 0) is 67.0 Å². The van der Waals surface area contributed by atoms with Gasteiger partial charge in [0.2, 0.25) is 0 Å². The summed E-state index contributed by atoms with van der Waals surface area (Å²) >= 11 is 0. The minimum atomic E-state index is 0.753. The van der Waals surface area contributed by atoms with Crippen molar-refractivity contribution < 1.29 is 0 Å². The van der Waals surface area contributed by atoms with Gasteiger partial charge in [-0.1, -0.05) is 6.42 Å². The van der Waals surface area contributed by atoms with E-state index in [2.05, 4.69) is 43.3 Å². The molecule has 1 rings (SSSR count). The van der Waals surface area contributed by atoms with Gasteiger partial charge in [-0.3, -0.25) is 0 Å². The summed E-state index contributed by atoms with van der Waals surface area (Å²) < 4.78 is 0. The SMILES string of the molecule is CN(C)CCC1CCCC(CCN(C)C)N1. The van der Waals surface area contributed by atoms with Crippen LogP contribution in [0.4, 0.5) is 0 Å². The number of piperidine rings is 1. The molecular formula is C13H29N3. The van der Waals surface area contributed by atoms with Crippen molar-refractivity contribution in [2.45, 2.75) is 44.2 Å². The van der Waals surface area contributed by atoms with E-state index in [-0.39, 0.29) is 0 Å². The van der Waals surface area contributed by atoms with E-state index in [1.54, 1.807) is 0 Å². The number of nitrogens with one attached hydrogen (secondary N) is 1. The predicted octanol–water partition coefficient (Wildman–Crippen LogP) is 1.40. The molecule has 0 amide bonds. The molecule has 0 aromatic heterocycles. The minimum Gasteiger partial charge on any atom is -0.311 e. The van der Waals surface area contributed by atoms with Crippen molar-refractivity contribution in [1.29, 1.82) is 0 Å². The van der Waals surface area contributed by atoms with Crippen molar-refractivity contribution in [1.82, 2.24) is 15.1 Å². The molecule has 1 aliphatic rings. The summed E-state index contributed by atoms with van der Waals surface area (Å²) in [5.74, 6) is 0. The molecule has 1 N–H and O–H groups in total. The third-order valence-corrected chi connectivity index (χ3v) is 3.43. The van der Waals surface area contributed by atoms with Gasteiger partial charge >= 0.3 is 0 Å². The maximum Gasteiger partial charge on any atom is 0.00818 e. The molecule has 1 aliphatic heterocycles. The maximum atomic E-state index is 3.81. The number of hydrogen-bond donors (Lipinski definition) is 1. The zero-order valence-electron chi connectivity index (χ0n) is 11.5. The van der Waals surface area contributed by atoms with Gasteiger partial charge in [-0.15, -0.1) is 0 Å². The number of rotatable bonds is 6. The molecule has 0 aromatic carbocycles. The second-order valence-corrected chi connectivity index (χ2v) is 5.68. The van der Waals surface area contributed by atoms with Crippen molar-refractivity contribution in [3.63, 3.8) is 0 Å². The van der Waals surface area contributed by atoms with Gasteiger partial charge in [0.05, 0.1) is 0 Å². The van der Waals surface area contributed by atoms with Crippen LogP contribution in [-0.2, 0) is 0 Å². The average Bonchev–Trinajstić information content (AvgIpc) is 2.24. The fraction of sp³-hybridized carbons (Fsp3) is 1.00. The molecule has 96 valence electrons. The van der Waals surface area contributed by atoms with E-state index in [9.17, 15) is 0 Å². The third kappa shape index (κ3) is 5.83. The zero-order chi connectivity index (χ0) is 12.0. The van der Waals surface area contributed by atoms with Crippen molar-refractivity contribution in [3.8, 4) is 0 Å². The molecule has 0 spiro atoms. The number of hydrogen-bond acceptors (Lipinski definition) is 3. The highest BCUT2D eigenvalue weighted by Crippen LogP contribution is 2.17. The third-order valence-electron chi connectivity index (χ3n) is 3.43. The highest BCUT2D eigenvalue weighted by molar-refractivity contribution is 4.81. The molecule has 0 aliphatic carbocycles. The Balaban J connectivity index is 2.19. The molecular weight excluding hydrogens is 198 g/mol. The standard InChI is InChI=1S/C13H29N3/c1-15(2)10-8-12-6-5-7-13(14-12)9-11-16(3)4/h12-14H,5-11H2,1-4H3. The van der Waals surface area contributed by atoms with E-state index in [4.69, 9.17) is 0 Å². The Kier molecular flexibility index (Phi) is 6.32. The molecule has 3 heteroatoms. The topological polar surface area (TPSA) is 18.5 Å². The molecule has 0 saturated carbocycles. The Labute approximate surface area is 101 Å². The Hall–Kier alpha value is -0.120. The monoisotopic (exact) mass is 227 g/mol. The summed E-state index contributed by atoms with van der Waals surface area (Å²) in [6.07, 6.45) is 6.73. The van der Waals surface area contributed by atoms with Crippen molar-refractivity contribution in [3.05, 3.63) is 0 Å². The summed E-state index contributed by atoms with van der Waals surface area (Å²) in [5, 5.41) is 3.81. The maximum absolute atomic E-state index is 3.81. The molecule has 1 saturated heterocycles. The van der Waals surface area contributed by atoms with E-state index < -0.39 is 0 Å². The largest absolute Gasteiger partial charge is 0.311 e. The first-order valence-electron chi connectivity index (χ1n) is 6.63. The van der Waals surface area contributed by atoms with Crippen molar-refractivity contribution in [2.24, 2.45) is 0 Å². The van der Waals surface area contributed by atoms with Crippen LogP contribution < -0.4 is 5.32 Å². The van der Waals surface area contributed by atoms with Crippen LogP contribution >= 0.6 is 0 Å². The summed E-state index contributed by atoms with van der Waals surface area (Å²) in [7, 11) is 8.64. The summed E-state index contributed by atoms with van der Waals surface area (Å²) in [5.41, 5.74) is 0. The molecule has 1 heterocycles. The lowest BCUT2D eigenvalue weighted by molar-refractivity contribution is 0.256. The predicted molar refractivity (Wildman–Crippen MR) is 70.9 cm³/mol. The highest BCUT2D eigenvalue weighted by Gasteiger charge is 2.20. The second-order valence-electron chi connectivity index (χ2n) is 5.68. The van der Waals surface area contributed by atoms with E-state index >= 15 is 0 Å². The van der Waals surface area contributed by atoms with E-state index in [0.29, 0.717) is 0 Å². The fourth-order valence-electron chi connectivity index (χ4n) is 2.39. The first-order chi connectivity index (χ1) is 7.58. The molecule has 2 atom stereocenters. The fourth-order valence-corrected chi connectivity index (χ4v) is 2.39. The minimum absolute atomic E-state index is 0.753.